The first-order valence-electron chi connectivity index (χ1n) is 11.7. The number of piperidine rings is 1. The van der Waals surface area contributed by atoms with Gasteiger partial charge in [-0.05, 0) is 71.6 Å². The molecule has 1 N–H and O–H groups in total. The molecule has 1 atom stereocenters. The maximum absolute atomic E-state index is 13.2. The van der Waals surface area contributed by atoms with Crippen molar-refractivity contribution in [2.45, 2.75) is 38.1 Å². The third kappa shape index (κ3) is 4.74. The van der Waals surface area contributed by atoms with Gasteiger partial charge in [-0.1, -0.05) is 60.7 Å². The summed E-state index contributed by atoms with van der Waals surface area (Å²) in [6, 6.07) is 23.2. The second-order valence-electron chi connectivity index (χ2n) is 9.09. The summed E-state index contributed by atoms with van der Waals surface area (Å²) < 4.78 is 43.8. The summed E-state index contributed by atoms with van der Waals surface area (Å²) >= 11 is 0. The molecule has 1 fully saturated rings. The van der Waals surface area contributed by atoms with Crippen molar-refractivity contribution in [3.05, 3.63) is 106 Å². The largest absolute Gasteiger partial charge is 0.279 e. The quantitative estimate of drug-likeness (QED) is 0.590. The van der Waals surface area contributed by atoms with Crippen molar-refractivity contribution in [3.63, 3.8) is 0 Å². The third-order valence-electron chi connectivity index (χ3n) is 7.05. The first-order chi connectivity index (χ1) is 16.0. The Morgan fingerprint density at radius 3 is 2.12 bits per heavy atom. The van der Waals surface area contributed by atoms with Crippen molar-refractivity contribution in [2.24, 2.45) is 5.92 Å². The number of fused-ring (bicyclic) bond motifs is 2. The molecule has 33 heavy (non-hydrogen) atoms. The summed E-state index contributed by atoms with van der Waals surface area (Å²) in [5.41, 5.74) is 6.15. The van der Waals surface area contributed by atoms with Gasteiger partial charge >= 0.3 is 0 Å². The van der Waals surface area contributed by atoms with Gasteiger partial charge in [0.05, 0.1) is 0 Å². The number of benzene rings is 3. The molecule has 1 aliphatic heterocycles. The van der Waals surface area contributed by atoms with E-state index in [4.69, 9.17) is 0 Å². The predicted octanol–water partition coefficient (Wildman–Crippen LogP) is 4.80. The van der Waals surface area contributed by atoms with Gasteiger partial charge in [-0.3, -0.25) is 0 Å². The van der Waals surface area contributed by atoms with Crippen LogP contribution in [0.15, 0.2) is 72.8 Å². The fourth-order valence-electron chi connectivity index (χ4n) is 5.41. The standard InChI is InChI=1S/C27H29FN2O2S/c28-24-15-11-20(12-16-24)18-29-33(31,32)30-17-5-8-23(19-30)27-25-9-3-1-6-21(25)13-14-22-7-2-4-10-26(22)27/h1-4,6-7,9-12,15-16,23,27,29H,5,8,13-14,17-19H2. The molecule has 6 heteroatoms. The summed E-state index contributed by atoms with van der Waals surface area (Å²) in [4.78, 5) is 0. The van der Waals surface area contributed by atoms with Gasteiger partial charge in [0.1, 0.15) is 5.82 Å². The van der Waals surface area contributed by atoms with Crippen LogP contribution in [0.25, 0.3) is 0 Å². The normalized spacial score (nSPS) is 19.5. The van der Waals surface area contributed by atoms with Crippen LogP contribution in [0.2, 0.25) is 0 Å². The van der Waals surface area contributed by atoms with Crippen LogP contribution in [0, 0.1) is 11.7 Å². The van der Waals surface area contributed by atoms with E-state index < -0.39 is 10.2 Å². The zero-order valence-electron chi connectivity index (χ0n) is 18.6. The highest BCUT2D eigenvalue weighted by Crippen LogP contribution is 2.42. The van der Waals surface area contributed by atoms with Gasteiger partial charge in [0.25, 0.3) is 10.2 Å². The Bertz CT molecular complexity index is 1180. The van der Waals surface area contributed by atoms with Crippen molar-refractivity contribution < 1.29 is 12.8 Å². The van der Waals surface area contributed by atoms with Gasteiger partial charge < -0.3 is 0 Å². The number of hydrogen-bond acceptors (Lipinski definition) is 2. The summed E-state index contributed by atoms with van der Waals surface area (Å²) in [6.07, 6.45) is 3.86. The van der Waals surface area contributed by atoms with Gasteiger partial charge in [0.2, 0.25) is 0 Å². The molecule has 5 rings (SSSR count). The lowest BCUT2D eigenvalue weighted by Gasteiger charge is -2.37. The zero-order chi connectivity index (χ0) is 22.8. The van der Waals surface area contributed by atoms with Gasteiger partial charge in [-0.2, -0.15) is 17.4 Å². The summed E-state index contributed by atoms with van der Waals surface area (Å²) in [5.74, 6) is 0.0704. The lowest BCUT2D eigenvalue weighted by molar-refractivity contribution is 0.246. The lowest BCUT2D eigenvalue weighted by Crippen LogP contribution is -2.47. The SMILES string of the molecule is O=S(=O)(NCc1ccc(F)cc1)N1CCCC(C2c3ccccc3CCc3ccccc32)C1. The Labute approximate surface area is 195 Å². The molecule has 0 spiro atoms. The van der Waals surface area contributed by atoms with Crippen molar-refractivity contribution in [2.75, 3.05) is 13.1 Å². The molecule has 3 aromatic carbocycles. The molecule has 0 aromatic heterocycles. The third-order valence-corrected chi connectivity index (χ3v) is 8.57. The lowest BCUT2D eigenvalue weighted by atomic mass is 9.76. The second-order valence-corrected chi connectivity index (χ2v) is 10.8. The maximum atomic E-state index is 13.2. The van der Waals surface area contributed by atoms with Crippen LogP contribution in [0.1, 0.15) is 46.6 Å². The predicted molar refractivity (Wildman–Crippen MR) is 129 cm³/mol. The van der Waals surface area contributed by atoms with Crippen LogP contribution >= 0.6 is 0 Å². The minimum Gasteiger partial charge on any atom is -0.207 e. The van der Waals surface area contributed by atoms with Crippen LogP contribution in [0.3, 0.4) is 0 Å². The van der Waals surface area contributed by atoms with Gasteiger partial charge in [0.15, 0.2) is 0 Å². The maximum Gasteiger partial charge on any atom is 0.279 e. The van der Waals surface area contributed by atoms with Crippen LogP contribution < -0.4 is 4.72 Å². The molecule has 4 nitrogen and oxygen atoms in total. The first kappa shape index (κ1) is 22.3. The molecule has 1 heterocycles. The minimum absolute atomic E-state index is 0.152. The number of nitrogens with one attached hydrogen (secondary N) is 1. The van der Waals surface area contributed by atoms with Crippen molar-refractivity contribution in [1.29, 1.82) is 0 Å². The molecule has 1 unspecified atom stereocenters. The van der Waals surface area contributed by atoms with Crippen LogP contribution in [0.4, 0.5) is 4.39 Å². The number of nitrogens with zero attached hydrogens (tertiary/aromatic N) is 1. The molecule has 0 radical (unpaired) electrons. The van der Waals surface area contributed by atoms with Crippen molar-refractivity contribution in [1.82, 2.24) is 9.03 Å². The number of rotatable bonds is 5. The van der Waals surface area contributed by atoms with E-state index >= 15 is 0 Å². The Hall–Kier alpha value is -2.54. The van der Waals surface area contributed by atoms with E-state index in [-0.39, 0.29) is 24.2 Å². The molecule has 1 aliphatic carbocycles. The van der Waals surface area contributed by atoms with E-state index in [1.165, 1.54) is 34.4 Å². The van der Waals surface area contributed by atoms with E-state index in [1.54, 1.807) is 16.4 Å². The van der Waals surface area contributed by atoms with E-state index in [0.29, 0.717) is 13.1 Å². The van der Waals surface area contributed by atoms with Gasteiger partial charge in [-0.15, -0.1) is 0 Å². The molecule has 0 saturated carbocycles. The Morgan fingerprint density at radius 2 is 1.48 bits per heavy atom. The molecule has 2 aliphatic rings. The smallest absolute Gasteiger partial charge is 0.207 e. The van der Waals surface area contributed by atoms with Crippen LogP contribution in [-0.4, -0.2) is 25.8 Å². The Balaban J connectivity index is 1.40. The molecular weight excluding hydrogens is 435 g/mol. The monoisotopic (exact) mass is 464 g/mol. The van der Waals surface area contributed by atoms with Crippen molar-refractivity contribution >= 4 is 10.2 Å². The molecule has 172 valence electrons. The van der Waals surface area contributed by atoms with E-state index in [1.807, 2.05) is 0 Å². The highest BCUT2D eigenvalue weighted by molar-refractivity contribution is 7.87. The highest BCUT2D eigenvalue weighted by atomic mass is 32.2. The van der Waals surface area contributed by atoms with E-state index in [0.717, 1.165) is 31.2 Å². The Kier molecular flexibility index (Phi) is 6.32. The Morgan fingerprint density at radius 1 is 0.879 bits per heavy atom. The molecule has 0 bridgehead atoms. The first-order valence-corrected chi connectivity index (χ1v) is 13.1. The molecule has 3 aromatic rings. The number of aryl methyl sites for hydroxylation is 2. The summed E-state index contributed by atoms with van der Waals surface area (Å²) in [5, 5.41) is 0. The summed E-state index contributed by atoms with van der Waals surface area (Å²) in [6.45, 7) is 1.16. The minimum atomic E-state index is -3.64. The van der Waals surface area contributed by atoms with Crippen molar-refractivity contribution in [3.8, 4) is 0 Å². The average molecular weight is 465 g/mol. The fraction of sp³-hybridized carbons (Fsp3) is 0.333. The topological polar surface area (TPSA) is 49.4 Å². The second kappa shape index (κ2) is 9.37. The van der Waals surface area contributed by atoms with Gasteiger partial charge in [-0.25, -0.2) is 4.39 Å². The average Bonchev–Trinajstić information content (AvgIpc) is 3.01. The van der Waals surface area contributed by atoms with Crippen LogP contribution in [0.5, 0.6) is 0 Å². The number of hydrogen-bond donors (Lipinski definition) is 1. The number of halogens is 1. The van der Waals surface area contributed by atoms with Crippen LogP contribution in [-0.2, 0) is 29.6 Å². The van der Waals surface area contributed by atoms with Gasteiger partial charge in [0, 0.05) is 25.6 Å². The zero-order valence-corrected chi connectivity index (χ0v) is 19.4. The van der Waals surface area contributed by atoms with E-state index in [2.05, 4.69) is 53.3 Å². The summed E-state index contributed by atoms with van der Waals surface area (Å²) in [7, 11) is -3.64. The molecule has 0 amide bonds. The van der Waals surface area contributed by atoms with E-state index in [9.17, 15) is 12.8 Å². The molecule has 1 saturated heterocycles. The molecular formula is C27H29FN2O2S. The highest BCUT2D eigenvalue weighted by Gasteiger charge is 2.36. The fourth-order valence-corrected chi connectivity index (χ4v) is 6.70.